The molecule has 19 heavy (non-hydrogen) atoms. The maximum atomic E-state index is 10.0. The SMILES string of the molecule is COc1cc(NCCC2(O)CCC2)ccc1C(C)C. The summed E-state index contributed by atoms with van der Waals surface area (Å²) in [4.78, 5) is 0. The summed E-state index contributed by atoms with van der Waals surface area (Å²) < 4.78 is 5.44. The summed E-state index contributed by atoms with van der Waals surface area (Å²) in [6, 6.07) is 6.24. The highest BCUT2D eigenvalue weighted by molar-refractivity contribution is 5.52. The number of hydrogen-bond donors (Lipinski definition) is 2. The van der Waals surface area contributed by atoms with Gasteiger partial charge in [-0.15, -0.1) is 0 Å². The Morgan fingerprint density at radius 1 is 1.37 bits per heavy atom. The van der Waals surface area contributed by atoms with Gasteiger partial charge in [0, 0.05) is 18.3 Å². The summed E-state index contributed by atoms with van der Waals surface area (Å²) in [5, 5.41) is 13.4. The monoisotopic (exact) mass is 263 g/mol. The van der Waals surface area contributed by atoms with E-state index in [-0.39, 0.29) is 0 Å². The van der Waals surface area contributed by atoms with E-state index in [1.54, 1.807) is 7.11 Å². The molecule has 1 aromatic carbocycles. The van der Waals surface area contributed by atoms with Crippen molar-refractivity contribution in [1.82, 2.24) is 0 Å². The Bertz CT molecular complexity index is 425. The molecule has 1 aliphatic carbocycles. The Balaban J connectivity index is 1.93. The van der Waals surface area contributed by atoms with Gasteiger partial charge in [0.05, 0.1) is 12.7 Å². The van der Waals surface area contributed by atoms with Crippen LogP contribution in [0.15, 0.2) is 18.2 Å². The number of anilines is 1. The number of ether oxygens (including phenoxy) is 1. The summed E-state index contributed by atoms with van der Waals surface area (Å²) >= 11 is 0. The average molecular weight is 263 g/mol. The van der Waals surface area contributed by atoms with Crippen molar-refractivity contribution in [2.45, 2.75) is 51.0 Å². The molecule has 2 rings (SSSR count). The quantitative estimate of drug-likeness (QED) is 0.825. The highest BCUT2D eigenvalue weighted by atomic mass is 16.5. The molecule has 0 aliphatic heterocycles. The summed E-state index contributed by atoms with van der Waals surface area (Å²) in [5.74, 6) is 1.39. The van der Waals surface area contributed by atoms with E-state index in [0.29, 0.717) is 5.92 Å². The van der Waals surface area contributed by atoms with Crippen LogP contribution >= 0.6 is 0 Å². The molecule has 0 amide bonds. The molecule has 3 nitrogen and oxygen atoms in total. The fourth-order valence-electron chi connectivity index (χ4n) is 2.57. The van der Waals surface area contributed by atoms with E-state index in [4.69, 9.17) is 4.74 Å². The van der Waals surface area contributed by atoms with Crippen LogP contribution in [0.4, 0.5) is 5.69 Å². The third-order valence-corrected chi connectivity index (χ3v) is 4.06. The summed E-state index contributed by atoms with van der Waals surface area (Å²) in [6.45, 7) is 5.13. The first kappa shape index (κ1) is 14.2. The smallest absolute Gasteiger partial charge is 0.124 e. The van der Waals surface area contributed by atoms with E-state index >= 15 is 0 Å². The van der Waals surface area contributed by atoms with Crippen molar-refractivity contribution in [3.63, 3.8) is 0 Å². The largest absolute Gasteiger partial charge is 0.496 e. The molecule has 0 radical (unpaired) electrons. The molecular weight excluding hydrogens is 238 g/mol. The van der Waals surface area contributed by atoms with Crippen LogP contribution in [0.3, 0.4) is 0 Å². The van der Waals surface area contributed by atoms with Crippen LogP contribution in [0.2, 0.25) is 0 Å². The lowest BCUT2D eigenvalue weighted by molar-refractivity contribution is -0.0370. The van der Waals surface area contributed by atoms with Crippen molar-refractivity contribution in [3.8, 4) is 5.75 Å². The molecule has 0 bridgehead atoms. The molecule has 106 valence electrons. The molecule has 0 atom stereocenters. The van der Waals surface area contributed by atoms with Crippen molar-refractivity contribution >= 4 is 5.69 Å². The van der Waals surface area contributed by atoms with Gasteiger partial charge in [-0.2, -0.15) is 0 Å². The molecule has 0 saturated heterocycles. The maximum absolute atomic E-state index is 10.0. The average Bonchev–Trinajstić information content (AvgIpc) is 2.36. The van der Waals surface area contributed by atoms with Crippen LogP contribution in [0, 0.1) is 0 Å². The number of aliphatic hydroxyl groups is 1. The Morgan fingerprint density at radius 3 is 2.63 bits per heavy atom. The van der Waals surface area contributed by atoms with Gasteiger partial charge in [0.25, 0.3) is 0 Å². The first-order chi connectivity index (χ1) is 9.04. The van der Waals surface area contributed by atoms with Crippen molar-refractivity contribution in [1.29, 1.82) is 0 Å². The Kier molecular flexibility index (Phi) is 4.35. The molecule has 0 aromatic heterocycles. The van der Waals surface area contributed by atoms with Gasteiger partial charge in [0.15, 0.2) is 0 Å². The zero-order valence-electron chi connectivity index (χ0n) is 12.2. The number of benzene rings is 1. The first-order valence-corrected chi connectivity index (χ1v) is 7.18. The lowest BCUT2D eigenvalue weighted by Crippen LogP contribution is -2.38. The number of rotatable bonds is 6. The zero-order valence-corrected chi connectivity index (χ0v) is 12.2. The van der Waals surface area contributed by atoms with Gasteiger partial charge < -0.3 is 15.2 Å². The molecule has 2 N–H and O–H groups in total. The lowest BCUT2D eigenvalue weighted by atomic mass is 9.78. The second kappa shape index (κ2) is 5.83. The molecule has 3 heteroatoms. The van der Waals surface area contributed by atoms with Crippen molar-refractivity contribution in [3.05, 3.63) is 23.8 Å². The predicted molar refractivity (Wildman–Crippen MR) is 79.0 cm³/mol. The highest BCUT2D eigenvalue weighted by Crippen LogP contribution is 2.34. The van der Waals surface area contributed by atoms with Crippen molar-refractivity contribution < 1.29 is 9.84 Å². The molecule has 0 heterocycles. The van der Waals surface area contributed by atoms with Crippen LogP contribution in [-0.2, 0) is 0 Å². The lowest BCUT2D eigenvalue weighted by Gasteiger charge is -2.36. The fourth-order valence-corrected chi connectivity index (χ4v) is 2.57. The number of methoxy groups -OCH3 is 1. The molecule has 1 saturated carbocycles. The van der Waals surface area contributed by atoms with Gasteiger partial charge in [0.1, 0.15) is 5.75 Å². The van der Waals surface area contributed by atoms with Crippen molar-refractivity contribution in [2.24, 2.45) is 0 Å². The topological polar surface area (TPSA) is 41.5 Å². The van der Waals surface area contributed by atoms with E-state index in [1.807, 2.05) is 6.07 Å². The predicted octanol–water partition coefficient (Wildman–Crippen LogP) is 3.54. The normalized spacial score (nSPS) is 17.1. The van der Waals surface area contributed by atoms with Gasteiger partial charge in [0.2, 0.25) is 0 Å². The molecular formula is C16H25NO2. The van der Waals surface area contributed by atoms with Crippen LogP contribution < -0.4 is 10.1 Å². The highest BCUT2D eigenvalue weighted by Gasteiger charge is 2.33. The van der Waals surface area contributed by atoms with Crippen molar-refractivity contribution in [2.75, 3.05) is 19.0 Å². The second-order valence-corrected chi connectivity index (χ2v) is 5.87. The van der Waals surface area contributed by atoms with Crippen LogP contribution in [0.1, 0.15) is 51.0 Å². The van der Waals surface area contributed by atoms with E-state index in [1.165, 1.54) is 5.56 Å². The Labute approximate surface area is 116 Å². The van der Waals surface area contributed by atoms with Gasteiger partial charge in [-0.05, 0) is 43.2 Å². The summed E-state index contributed by atoms with van der Waals surface area (Å²) in [7, 11) is 1.71. The standard InChI is InChI=1S/C16H25NO2/c1-12(2)14-6-5-13(11-15(14)19-3)17-10-9-16(18)7-4-8-16/h5-6,11-12,17-18H,4,7-10H2,1-3H3. The van der Waals surface area contributed by atoms with Crippen LogP contribution in [0.5, 0.6) is 5.75 Å². The van der Waals surface area contributed by atoms with Gasteiger partial charge in [-0.3, -0.25) is 0 Å². The third-order valence-electron chi connectivity index (χ3n) is 4.06. The Morgan fingerprint density at radius 2 is 2.11 bits per heavy atom. The minimum absolute atomic E-state index is 0.408. The second-order valence-electron chi connectivity index (χ2n) is 5.87. The van der Waals surface area contributed by atoms with E-state index in [2.05, 4.69) is 31.3 Å². The molecule has 1 aliphatic rings. The van der Waals surface area contributed by atoms with Gasteiger partial charge in [-0.1, -0.05) is 19.9 Å². The fraction of sp³-hybridized carbons (Fsp3) is 0.625. The van der Waals surface area contributed by atoms with Gasteiger partial charge in [-0.25, -0.2) is 0 Å². The molecule has 1 fully saturated rings. The van der Waals surface area contributed by atoms with E-state index < -0.39 is 5.60 Å². The molecule has 0 unspecified atom stereocenters. The zero-order chi connectivity index (χ0) is 13.9. The maximum Gasteiger partial charge on any atom is 0.124 e. The Hall–Kier alpha value is -1.22. The minimum atomic E-state index is -0.408. The van der Waals surface area contributed by atoms with Crippen LogP contribution in [0.25, 0.3) is 0 Å². The first-order valence-electron chi connectivity index (χ1n) is 7.18. The van der Waals surface area contributed by atoms with Gasteiger partial charge >= 0.3 is 0 Å². The molecule has 1 aromatic rings. The van der Waals surface area contributed by atoms with Crippen LogP contribution in [-0.4, -0.2) is 24.4 Å². The third kappa shape index (κ3) is 3.41. The minimum Gasteiger partial charge on any atom is -0.496 e. The van der Waals surface area contributed by atoms with E-state index in [9.17, 15) is 5.11 Å². The number of hydrogen-bond acceptors (Lipinski definition) is 3. The summed E-state index contributed by atoms with van der Waals surface area (Å²) in [5.41, 5.74) is 1.88. The molecule has 0 spiro atoms. The number of nitrogens with one attached hydrogen (secondary N) is 1. The summed E-state index contributed by atoms with van der Waals surface area (Å²) in [6.07, 6.45) is 3.88. The van der Waals surface area contributed by atoms with E-state index in [0.717, 1.165) is 43.7 Å².